The molecule has 0 aromatic carbocycles. The van der Waals surface area contributed by atoms with Crippen molar-refractivity contribution in [3.8, 4) is 0 Å². The molecule has 5 nitrogen and oxygen atoms in total. The Bertz CT molecular complexity index is 495. The fourth-order valence-corrected chi connectivity index (χ4v) is 3.93. The maximum absolute atomic E-state index is 12.0. The van der Waals surface area contributed by atoms with Crippen LogP contribution in [0, 0.1) is 17.3 Å². The van der Waals surface area contributed by atoms with Gasteiger partial charge >= 0.3 is 5.97 Å². The van der Waals surface area contributed by atoms with E-state index in [0.717, 1.165) is 6.42 Å². The van der Waals surface area contributed by atoms with Crippen LogP contribution < -0.4 is 0 Å². The van der Waals surface area contributed by atoms with Crippen LogP contribution in [0.25, 0.3) is 0 Å². The van der Waals surface area contributed by atoms with Crippen molar-refractivity contribution in [3.05, 3.63) is 12.7 Å². The highest BCUT2D eigenvalue weighted by atomic mass is 16.5. The smallest absolute Gasteiger partial charge is 0.333 e. The fraction of sp³-hybridized carbons (Fsp3) is 0.765. The SMILES string of the molecule is C=C[C@@H](O)[C@@H](/N=C1/CC2CC(C2(C)C)[C@@]1(C)O)C(=O)OCC. The molecule has 124 valence electrons. The van der Waals surface area contributed by atoms with Crippen LogP contribution in [0.5, 0.6) is 0 Å². The van der Waals surface area contributed by atoms with E-state index in [4.69, 9.17) is 4.74 Å². The fourth-order valence-electron chi connectivity index (χ4n) is 3.93. The Labute approximate surface area is 132 Å². The standard InChI is InChI=1S/C17H27NO4/c1-6-11(19)14(15(20)22-7-2)18-13-9-10-8-12(16(10,3)4)17(13,5)21/h6,10-12,14,19,21H,1,7-9H2,2-5H3/b18-13-/t10?,11-,12?,14-,17-/m1/s1. The molecular weight excluding hydrogens is 282 g/mol. The molecule has 0 aromatic heterocycles. The molecule has 5 atom stereocenters. The van der Waals surface area contributed by atoms with E-state index in [9.17, 15) is 15.0 Å². The van der Waals surface area contributed by atoms with Crippen molar-refractivity contribution in [2.45, 2.75) is 58.3 Å². The highest BCUT2D eigenvalue weighted by molar-refractivity contribution is 5.96. The number of aliphatic imine (C=N–C) groups is 1. The number of nitrogens with zero attached hydrogens (tertiary/aromatic N) is 1. The quantitative estimate of drug-likeness (QED) is 0.599. The average Bonchev–Trinajstić information content (AvgIpc) is 2.44. The monoisotopic (exact) mass is 309 g/mol. The summed E-state index contributed by atoms with van der Waals surface area (Å²) in [5.74, 6) is -0.00174. The molecule has 3 aliphatic rings. The molecule has 0 amide bonds. The molecule has 0 radical (unpaired) electrons. The summed E-state index contributed by atoms with van der Waals surface area (Å²) in [6.07, 6.45) is 1.78. The zero-order chi connectivity index (χ0) is 16.7. The van der Waals surface area contributed by atoms with Gasteiger partial charge in [0.15, 0.2) is 6.04 Å². The number of aliphatic hydroxyl groups is 2. The molecule has 3 fully saturated rings. The van der Waals surface area contributed by atoms with Gasteiger partial charge in [-0.15, -0.1) is 6.58 Å². The average molecular weight is 309 g/mol. The third-order valence-electron chi connectivity index (χ3n) is 5.56. The van der Waals surface area contributed by atoms with Crippen LogP contribution in [0.15, 0.2) is 17.6 Å². The molecule has 0 aliphatic heterocycles. The number of carbonyl (C=O) groups is 1. The van der Waals surface area contributed by atoms with Gasteiger partial charge in [-0.3, -0.25) is 4.99 Å². The Kier molecular flexibility index (Phi) is 4.51. The van der Waals surface area contributed by atoms with Gasteiger partial charge in [0.2, 0.25) is 0 Å². The molecule has 3 aliphatic carbocycles. The molecule has 3 rings (SSSR count). The molecule has 0 saturated heterocycles. The minimum atomic E-state index is -1.12. The van der Waals surface area contributed by atoms with E-state index >= 15 is 0 Å². The molecule has 0 spiro atoms. The zero-order valence-electron chi connectivity index (χ0n) is 13.9. The van der Waals surface area contributed by atoms with E-state index in [0.29, 0.717) is 18.1 Å². The van der Waals surface area contributed by atoms with Gasteiger partial charge < -0.3 is 14.9 Å². The number of hydrogen-bond acceptors (Lipinski definition) is 5. The van der Waals surface area contributed by atoms with Gasteiger partial charge in [0.05, 0.1) is 6.61 Å². The van der Waals surface area contributed by atoms with Crippen LogP contribution in [0.1, 0.15) is 40.5 Å². The van der Waals surface area contributed by atoms with Gasteiger partial charge in [0.1, 0.15) is 11.7 Å². The van der Waals surface area contributed by atoms with E-state index in [-0.39, 0.29) is 17.9 Å². The lowest BCUT2D eigenvalue weighted by atomic mass is 9.44. The van der Waals surface area contributed by atoms with Crippen LogP contribution in [-0.2, 0) is 9.53 Å². The lowest BCUT2D eigenvalue weighted by Gasteiger charge is -2.62. The summed E-state index contributed by atoms with van der Waals surface area (Å²) >= 11 is 0. The number of esters is 1. The summed E-state index contributed by atoms with van der Waals surface area (Å²) in [7, 11) is 0. The van der Waals surface area contributed by atoms with Crippen LogP contribution in [0.2, 0.25) is 0 Å². The van der Waals surface area contributed by atoms with E-state index in [2.05, 4.69) is 25.4 Å². The summed E-state index contributed by atoms with van der Waals surface area (Å²) in [6, 6.07) is -1.06. The predicted molar refractivity (Wildman–Crippen MR) is 84.7 cm³/mol. The first-order chi connectivity index (χ1) is 10.2. The van der Waals surface area contributed by atoms with Crippen molar-refractivity contribution in [1.29, 1.82) is 0 Å². The van der Waals surface area contributed by atoms with E-state index in [1.165, 1.54) is 6.08 Å². The molecule has 5 heteroatoms. The second-order valence-electron chi connectivity index (χ2n) is 7.16. The first kappa shape index (κ1) is 17.2. The third-order valence-corrected chi connectivity index (χ3v) is 5.56. The highest BCUT2D eigenvalue weighted by Gasteiger charge is 2.61. The summed E-state index contributed by atoms with van der Waals surface area (Å²) in [5, 5.41) is 20.9. The summed E-state index contributed by atoms with van der Waals surface area (Å²) in [5.41, 5.74) is -0.380. The topological polar surface area (TPSA) is 79.1 Å². The van der Waals surface area contributed by atoms with Gasteiger partial charge in [-0.05, 0) is 43.9 Å². The Morgan fingerprint density at radius 1 is 1.55 bits per heavy atom. The molecule has 2 N–H and O–H groups in total. The van der Waals surface area contributed by atoms with Crippen LogP contribution >= 0.6 is 0 Å². The maximum Gasteiger partial charge on any atom is 0.333 e. The lowest BCUT2D eigenvalue weighted by molar-refractivity contribution is -0.147. The molecule has 0 aromatic rings. The number of aliphatic hydroxyl groups excluding tert-OH is 1. The van der Waals surface area contributed by atoms with Crippen molar-refractivity contribution in [3.63, 3.8) is 0 Å². The number of rotatable bonds is 5. The molecule has 3 saturated carbocycles. The summed E-state index contributed by atoms with van der Waals surface area (Å²) < 4.78 is 4.98. The molecular formula is C17H27NO4. The minimum Gasteiger partial charge on any atom is -0.464 e. The van der Waals surface area contributed by atoms with Gasteiger partial charge in [-0.25, -0.2) is 4.79 Å². The highest BCUT2D eigenvalue weighted by Crippen LogP contribution is 2.61. The number of fused-ring (bicyclic) bond motifs is 2. The van der Waals surface area contributed by atoms with E-state index in [1.807, 2.05) is 0 Å². The lowest BCUT2D eigenvalue weighted by Crippen LogP contribution is -2.65. The Morgan fingerprint density at radius 3 is 2.64 bits per heavy atom. The van der Waals surface area contributed by atoms with Crippen LogP contribution in [0.3, 0.4) is 0 Å². The van der Waals surface area contributed by atoms with Gasteiger partial charge in [0.25, 0.3) is 0 Å². The van der Waals surface area contributed by atoms with Crippen molar-refractivity contribution in [1.82, 2.24) is 0 Å². The zero-order valence-corrected chi connectivity index (χ0v) is 13.9. The first-order valence-corrected chi connectivity index (χ1v) is 7.93. The molecule has 22 heavy (non-hydrogen) atoms. The maximum atomic E-state index is 12.0. The first-order valence-electron chi connectivity index (χ1n) is 7.93. The minimum absolute atomic E-state index is 0.0823. The molecule has 0 heterocycles. The van der Waals surface area contributed by atoms with Crippen LogP contribution in [0.4, 0.5) is 0 Å². The van der Waals surface area contributed by atoms with Gasteiger partial charge in [-0.2, -0.15) is 0 Å². The Morgan fingerprint density at radius 2 is 2.18 bits per heavy atom. The second-order valence-corrected chi connectivity index (χ2v) is 7.16. The van der Waals surface area contributed by atoms with Gasteiger partial charge in [0, 0.05) is 5.71 Å². The largest absolute Gasteiger partial charge is 0.464 e. The van der Waals surface area contributed by atoms with E-state index in [1.54, 1.807) is 13.8 Å². The third kappa shape index (κ3) is 2.61. The second kappa shape index (κ2) is 5.78. The summed E-state index contributed by atoms with van der Waals surface area (Å²) in [6.45, 7) is 11.5. The number of hydrogen-bond donors (Lipinski definition) is 2. The normalized spacial score (nSPS) is 37.1. The number of carbonyl (C=O) groups excluding carboxylic acids is 1. The summed E-state index contributed by atoms with van der Waals surface area (Å²) in [4.78, 5) is 16.4. The Balaban J connectivity index is 2.29. The molecule has 2 unspecified atom stereocenters. The van der Waals surface area contributed by atoms with Crippen molar-refractivity contribution in [2.75, 3.05) is 6.61 Å². The van der Waals surface area contributed by atoms with Crippen molar-refractivity contribution in [2.24, 2.45) is 22.2 Å². The Hall–Kier alpha value is -1.20. The predicted octanol–water partition coefficient (Wildman–Crippen LogP) is 1.72. The van der Waals surface area contributed by atoms with Gasteiger partial charge in [-0.1, -0.05) is 19.9 Å². The van der Waals surface area contributed by atoms with Crippen LogP contribution in [-0.4, -0.2) is 46.2 Å². The number of ether oxygens (including phenoxy) is 1. The van der Waals surface area contributed by atoms with Crippen molar-refractivity contribution >= 4 is 11.7 Å². The molecule has 2 bridgehead atoms. The van der Waals surface area contributed by atoms with Crippen molar-refractivity contribution < 1.29 is 19.7 Å². The van der Waals surface area contributed by atoms with E-state index < -0.39 is 23.7 Å².